The topological polar surface area (TPSA) is 22.0 Å². The molecule has 0 radical (unpaired) electrons. The van der Waals surface area contributed by atoms with Crippen molar-refractivity contribution in [2.45, 2.75) is 13.8 Å². The van der Waals surface area contributed by atoms with Gasteiger partial charge in [-0.3, -0.25) is 4.79 Å². The summed E-state index contributed by atoms with van der Waals surface area (Å²) in [4.78, 5) is 11.3. The summed E-state index contributed by atoms with van der Waals surface area (Å²) in [5.41, 5.74) is 3.11. The number of rotatable bonds is 1. The molecule has 2 heteroatoms. The first-order valence-electron chi connectivity index (χ1n) is 4.67. The fourth-order valence-electron chi connectivity index (χ4n) is 1.85. The number of Topliss-reactive ketones (excluding diaryl/α,β-unsaturated/α-hetero) is 1. The predicted octanol–water partition coefficient (Wildman–Crippen LogP) is 2.69. The third-order valence-electron chi connectivity index (χ3n) is 2.67. The number of hydrogen-bond donors (Lipinski definition) is 0. The van der Waals surface area contributed by atoms with E-state index in [4.69, 9.17) is 0 Å². The lowest BCUT2D eigenvalue weighted by molar-refractivity contribution is 0.101. The fraction of sp³-hybridized carbons (Fsp3) is 0.250. The molecule has 0 atom stereocenters. The molecule has 0 aliphatic rings. The van der Waals surface area contributed by atoms with Gasteiger partial charge in [0.25, 0.3) is 0 Å². The summed E-state index contributed by atoms with van der Waals surface area (Å²) in [6.07, 6.45) is 0. The molecule has 2 aromatic rings. The molecule has 0 aliphatic heterocycles. The zero-order valence-corrected chi connectivity index (χ0v) is 8.66. The quantitative estimate of drug-likeness (QED) is 0.629. The van der Waals surface area contributed by atoms with E-state index in [9.17, 15) is 4.79 Å². The van der Waals surface area contributed by atoms with E-state index in [1.54, 1.807) is 6.92 Å². The first kappa shape index (κ1) is 9.00. The lowest BCUT2D eigenvalue weighted by atomic mass is 10.1. The number of carbonyl (C=O) groups is 1. The van der Waals surface area contributed by atoms with Gasteiger partial charge < -0.3 is 4.57 Å². The number of nitrogens with zero attached hydrogens (tertiary/aromatic N) is 1. The molecule has 1 aromatic carbocycles. The summed E-state index contributed by atoms with van der Waals surface area (Å²) >= 11 is 0. The van der Waals surface area contributed by atoms with Crippen molar-refractivity contribution in [3.63, 3.8) is 0 Å². The maximum Gasteiger partial charge on any atom is 0.176 e. The maximum atomic E-state index is 11.3. The van der Waals surface area contributed by atoms with E-state index in [2.05, 4.69) is 13.0 Å². The van der Waals surface area contributed by atoms with Crippen LogP contribution < -0.4 is 0 Å². The van der Waals surface area contributed by atoms with Crippen LogP contribution in [0.1, 0.15) is 23.0 Å². The van der Waals surface area contributed by atoms with Crippen molar-refractivity contribution < 1.29 is 4.79 Å². The van der Waals surface area contributed by atoms with Crippen molar-refractivity contribution >= 4 is 16.7 Å². The maximum absolute atomic E-state index is 11.3. The standard InChI is InChI=1S/C12H13NO/c1-8-5-4-6-11-10(8)7-12(9(2)14)13(11)3/h4-7H,1-3H3. The Labute approximate surface area is 83.2 Å². The Kier molecular flexibility index (Phi) is 1.92. The summed E-state index contributed by atoms with van der Waals surface area (Å²) in [7, 11) is 1.93. The molecule has 0 fully saturated rings. The van der Waals surface area contributed by atoms with E-state index in [1.165, 1.54) is 10.9 Å². The summed E-state index contributed by atoms with van der Waals surface area (Å²) in [6, 6.07) is 8.08. The molecule has 0 bridgehead atoms. The monoisotopic (exact) mass is 187 g/mol. The van der Waals surface area contributed by atoms with Gasteiger partial charge in [-0.1, -0.05) is 12.1 Å². The first-order valence-corrected chi connectivity index (χ1v) is 4.67. The molecule has 72 valence electrons. The Morgan fingerprint density at radius 3 is 2.64 bits per heavy atom. The second-order valence-electron chi connectivity index (χ2n) is 3.65. The lowest BCUT2D eigenvalue weighted by Crippen LogP contribution is -2.00. The molecule has 0 spiro atoms. The Morgan fingerprint density at radius 2 is 2.07 bits per heavy atom. The third kappa shape index (κ3) is 1.15. The average molecular weight is 187 g/mol. The van der Waals surface area contributed by atoms with Gasteiger partial charge in [0.05, 0.1) is 5.69 Å². The van der Waals surface area contributed by atoms with Crippen molar-refractivity contribution in [2.75, 3.05) is 0 Å². The fourth-order valence-corrected chi connectivity index (χ4v) is 1.85. The predicted molar refractivity (Wildman–Crippen MR) is 57.7 cm³/mol. The van der Waals surface area contributed by atoms with Crippen LogP contribution in [0.4, 0.5) is 0 Å². The van der Waals surface area contributed by atoms with Crippen LogP contribution in [0.15, 0.2) is 24.3 Å². The third-order valence-corrected chi connectivity index (χ3v) is 2.67. The van der Waals surface area contributed by atoms with Gasteiger partial charge in [0, 0.05) is 24.9 Å². The van der Waals surface area contributed by atoms with Crippen LogP contribution >= 0.6 is 0 Å². The largest absolute Gasteiger partial charge is 0.341 e. The Balaban J connectivity index is 2.86. The second kappa shape index (κ2) is 2.98. The van der Waals surface area contributed by atoms with Crippen LogP contribution in [0.25, 0.3) is 10.9 Å². The highest BCUT2D eigenvalue weighted by atomic mass is 16.1. The average Bonchev–Trinajstić information content (AvgIpc) is 2.46. The van der Waals surface area contributed by atoms with Gasteiger partial charge in [0.1, 0.15) is 0 Å². The molecule has 0 saturated heterocycles. The van der Waals surface area contributed by atoms with Gasteiger partial charge in [-0.25, -0.2) is 0 Å². The molecule has 14 heavy (non-hydrogen) atoms. The van der Waals surface area contributed by atoms with Gasteiger partial charge in [-0.2, -0.15) is 0 Å². The molecule has 0 unspecified atom stereocenters. The van der Waals surface area contributed by atoms with E-state index in [0.29, 0.717) is 0 Å². The smallest absolute Gasteiger partial charge is 0.176 e. The SMILES string of the molecule is CC(=O)c1cc2c(C)cccc2n1C. The molecule has 2 nitrogen and oxygen atoms in total. The van der Waals surface area contributed by atoms with Crippen molar-refractivity contribution in [3.05, 3.63) is 35.5 Å². The van der Waals surface area contributed by atoms with E-state index < -0.39 is 0 Å². The number of carbonyl (C=O) groups excluding carboxylic acids is 1. The molecule has 0 amide bonds. The van der Waals surface area contributed by atoms with Gasteiger partial charge in [-0.15, -0.1) is 0 Å². The summed E-state index contributed by atoms with van der Waals surface area (Å²) < 4.78 is 1.95. The number of hydrogen-bond acceptors (Lipinski definition) is 1. The Bertz CT molecular complexity index is 508. The first-order chi connectivity index (χ1) is 6.61. The summed E-state index contributed by atoms with van der Waals surface area (Å²) in [6.45, 7) is 3.66. The van der Waals surface area contributed by atoms with Gasteiger partial charge >= 0.3 is 0 Å². The summed E-state index contributed by atoms with van der Waals surface area (Å²) in [5.74, 6) is 0.114. The molecule has 1 aromatic heterocycles. The van der Waals surface area contributed by atoms with Crippen molar-refractivity contribution in [1.29, 1.82) is 0 Å². The minimum atomic E-state index is 0.114. The number of aromatic nitrogens is 1. The van der Waals surface area contributed by atoms with Crippen molar-refractivity contribution in [2.24, 2.45) is 7.05 Å². The molecule has 0 N–H and O–H groups in total. The van der Waals surface area contributed by atoms with Crippen LogP contribution in [0, 0.1) is 6.92 Å². The van der Waals surface area contributed by atoms with Crippen LogP contribution in [0.5, 0.6) is 0 Å². The molecular formula is C12H13NO. The van der Waals surface area contributed by atoms with Crippen LogP contribution in [0.3, 0.4) is 0 Å². The highest BCUT2D eigenvalue weighted by molar-refractivity contribution is 5.99. The van der Waals surface area contributed by atoms with E-state index >= 15 is 0 Å². The normalized spacial score (nSPS) is 10.8. The van der Waals surface area contributed by atoms with Gasteiger partial charge in [-0.05, 0) is 24.6 Å². The molecule has 0 aliphatic carbocycles. The minimum Gasteiger partial charge on any atom is -0.341 e. The molecule has 1 heterocycles. The molecule has 0 saturated carbocycles. The Morgan fingerprint density at radius 1 is 1.36 bits per heavy atom. The number of fused-ring (bicyclic) bond motifs is 1. The number of aryl methyl sites for hydroxylation is 2. The minimum absolute atomic E-state index is 0.114. The van der Waals surface area contributed by atoms with Gasteiger partial charge in [0.15, 0.2) is 5.78 Å². The second-order valence-corrected chi connectivity index (χ2v) is 3.65. The highest BCUT2D eigenvalue weighted by Crippen LogP contribution is 2.22. The van der Waals surface area contributed by atoms with Crippen molar-refractivity contribution in [3.8, 4) is 0 Å². The zero-order valence-electron chi connectivity index (χ0n) is 8.66. The van der Waals surface area contributed by atoms with Crippen molar-refractivity contribution in [1.82, 2.24) is 4.57 Å². The van der Waals surface area contributed by atoms with E-state index in [-0.39, 0.29) is 5.78 Å². The Hall–Kier alpha value is -1.57. The lowest BCUT2D eigenvalue weighted by Gasteiger charge is -2.00. The van der Waals surface area contributed by atoms with Gasteiger partial charge in [0.2, 0.25) is 0 Å². The molecular weight excluding hydrogens is 174 g/mol. The number of ketones is 1. The number of benzene rings is 1. The van der Waals surface area contributed by atoms with E-state index in [1.807, 2.05) is 29.8 Å². The molecule has 2 rings (SSSR count). The van der Waals surface area contributed by atoms with Crippen LogP contribution in [0.2, 0.25) is 0 Å². The van der Waals surface area contributed by atoms with E-state index in [0.717, 1.165) is 11.2 Å². The van der Waals surface area contributed by atoms with Crippen LogP contribution in [-0.2, 0) is 7.05 Å². The zero-order chi connectivity index (χ0) is 10.3. The highest BCUT2D eigenvalue weighted by Gasteiger charge is 2.09. The summed E-state index contributed by atoms with van der Waals surface area (Å²) in [5, 5.41) is 1.17. The van der Waals surface area contributed by atoms with Crippen LogP contribution in [-0.4, -0.2) is 10.4 Å².